The van der Waals surface area contributed by atoms with Crippen LogP contribution in [0.2, 0.25) is 5.02 Å². The summed E-state index contributed by atoms with van der Waals surface area (Å²) in [7, 11) is 1.73. The Hall–Kier alpha value is -1.92. The predicted octanol–water partition coefficient (Wildman–Crippen LogP) is 3.64. The van der Waals surface area contributed by atoms with Crippen molar-refractivity contribution in [3.05, 3.63) is 40.9 Å². The molecule has 0 spiro atoms. The molecule has 0 saturated carbocycles. The molecule has 0 aliphatic heterocycles. The van der Waals surface area contributed by atoms with E-state index in [1.807, 2.05) is 6.92 Å². The predicted molar refractivity (Wildman–Crippen MR) is 78.4 cm³/mol. The first-order valence-electron chi connectivity index (χ1n) is 6.38. The molecule has 2 rings (SSSR count). The quantitative estimate of drug-likeness (QED) is 0.882. The summed E-state index contributed by atoms with van der Waals surface area (Å²) in [5, 5.41) is 2.95. The summed E-state index contributed by atoms with van der Waals surface area (Å²) in [4.78, 5) is 8.45. The number of anilines is 1. The summed E-state index contributed by atoms with van der Waals surface area (Å²) < 4.78 is 24.2. The molecular weight excluding hydrogens is 297 g/mol. The zero-order valence-electron chi connectivity index (χ0n) is 11.7. The Morgan fingerprint density at radius 2 is 2.10 bits per heavy atom. The van der Waals surface area contributed by atoms with Crippen LogP contribution in [-0.4, -0.2) is 23.6 Å². The number of nitrogens with zero attached hydrogens (tertiary/aromatic N) is 2. The molecule has 1 aromatic carbocycles. The van der Waals surface area contributed by atoms with Gasteiger partial charge in [-0.2, -0.15) is 4.98 Å². The maximum Gasteiger partial charge on any atom is 0.224 e. The van der Waals surface area contributed by atoms with E-state index in [2.05, 4.69) is 15.3 Å². The lowest BCUT2D eigenvalue weighted by Crippen LogP contribution is -2.04. The van der Waals surface area contributed by atoms with Crippen molar-refractivity contribution in [1.29, 1.82) is 0 Å². The van der Waals surface area contributed by atoms with Crippen molar-refractivity contribution in [1.82, 2.24) is 9.97 Å². The van der Waals surface area contributed by atoms with Gasteiger partial charge in [0.1, 0.15) is 24.0 Å². The third kappa shape index (κ3) is 4.27. The van der Waals surface area contributed by atoms with Gasteiger partial charge in [0.05, 0.1) is 5.02 Å². The lowest BCUT2D eigenvalue weighted by Gasteiger charge is -2.09. The second-order valence-electron chi connectivity index (χ2n) is 4.07. The SMILES string of the molecule is CCOCc1nc(NC)cc(Oc2ccc(Cl)c(F)c2)n1. The fraction of sp³-hybridized carbons (Fsp3) is 0.286. The van der Waals surface area contributed by atoms with Gasteiger partial charge >= 0.3 is 0 Å². The minimum atomic E-state index is -0.549. The van der Waals surface area contributed by atoms with E-state index in [4.69, 9.17) is 21.1 Å². The summed E-state index contributed by atoms with van der Waals surface area (Å²) in [6.45, 7) is 2.72. The third-order valence-electron chi connectivity index (χ3n) is 2.55. The highest BCUT2D eigenvalue weighted by atomic mass is 35.5. The van der Waals surface area contributed by atoms with Gasteiger partial charge in [-0.15, -0.1) is 0 Å². The first-order chi connectivity index (χ1) is 10.1. The van der Waals surface area contributed by atoms with Crippen molar-refractivity contribution in [2.75, 3.05) is 19.0 Å². The zero-order chi connectivity index (χ0) is 15.2. The van der Waals surface area contributed by atoms with Gasteiger partial charge in [0.15, 0.2) is 5.82 Å². The van der Waals surface area contributed by atoms with E-state index < -0.39 is 5.82 Å². The smallest absolute Gasteiger partial charge is 0.224 e. The minimum absolute atomic E-state index is 0.0398. The topological polar surface area (TPSA) is 56.3 Å². The van der Waals surface area contributed by atoms with E-state index in [0.717, 1.165) is 0 Å². The fourth-order valence-corrected chi connectivity index (χ4v) is 1.69. The van der Waals surface area contributed by atoms with Crippen LogP contribution in [0.25, 0.3) is 0 Å². The molecule has 0 unspecified atom stereocenters. The fourth-order valence-electron chi connectivity index (χ4n) is 1.57. The van der Waals surface area contributed by atoms with Crippen LogP contribution in [0.1, 0.15) is 12.7 Å². The zero-order valence-corrected chi connectivity index (χ0v) is 12.4. The van der Waals surface area contributed by atoms with Crippen molar-refractivity contribution in [3.63, 3.8) is 0 Å². The molecule has 21 heavy (non-hydrogen) atoms. The molecule has 1 N–H and O–H groups in total. The maximum atomic E-state index is 13.4. The summed E-state index contributed by atoms with van der Waals surface area (Å²) in [5.41, 5.74) is 0. The number of nitrogens with one attached hydrogen (secondary N) is 1. The van der Waals surface area contributed by atoms with Crippen molar-refractivity contribution in [3.8, 4) is 11.6 Å². The average molecular weight is 312 g/mol. The number of halogens is 2. The van der Waals surface area contributed by atoms with Crippen molar-refractivity contribution < 1.29 is 13.9 Å². The van der Waals surface area contributed by atoms with E-state index in [-0.39, 0.29) is 11.6 Å². The minimum Gasteiger partial charge on any atom is -0.439 e. The molecule has 0 fully saturated rings. The molecule has 0 radical (unpaired) electrons. The number of benzene rings is 1. The molecule has 112 valence electrons. The Morgan fingerprint density at radius 3 is 2.76 bits per heavy atom. The molecule has 0 amide bonds. The van der Waals surface area contributed by atoms with Crippen molar-refractivity contribution in [2.45, 2.75) is 13.5 Å². The lowest BCUT2D eigenvalue weighted by atomic mass is 10.3. The molecule has 2 aromatic rings. The molecule has 0 aliphatic rings. The van der Waals surface area contributed by atoms with E-state index in [1.165, 1.54) is 12.1 Å². The summed E-state index contributed by atoms with van der Waals surface area (Å²) in [6, 6.07) is 5.80. The van der Waals surface area contributed by atoms with E-state index in [0.29, 0.717) is 29.9 Å². The monoisotopic (exact) mass is 311 g/mol. The molecule has 1 aromatic heterocycles. The number of aromatic nitrogens is 2. The Labute approximate surface area is 127 Å². The highest BCUT2D eigenvalue weighted by molar-refractivity contribution is 6.30. The van der Waals surface area contributed by atoms with Gasteiger partial charge in [-0.05, 0) is 19.1 Å². The Kier molecular flexibility index (Phi) is 5.30. The number of hydrogen-bond donors (Lipinski definition) is 1. The Bertz CT molecular complexity index is 625. The maximum absolute atomic E-state index is 13.4. The van der Waals surface area contributed by atoms with Crippen LogP contribution in [0.3, 0.4) is 0 Å². The molecule has 0 aliphatic carbocycles. The van der Waals surface area contributed by atoms with Crippen LogP contribution in [0, 0.1) is 5.82 Å². The summed E-state index contributed by atoms with van der Waals surface area (Å²) >= 11 is 5.63. The Balaban J connectivity index is 2.23. The molecule has 7 heteroatoms. The van der Waals surface area contributed by atoms with Crippen LogP contribution in [0.5, 0.6) is 11.6 Å². The van der Waals surface area contributed by atoms with Gasteiger partial charge in [-0.3, -0.25) is 0 Å². The van der Waals surface area contributed by atoms with E-state index in [1.54, 1.807) is 19.2 Å². The second kappa shape index (κ2) is 7.19. The van der Waals surface area contributed by atoms with Gasteiger partial charge in [0, 0.05) is 25.8 Å². The van der Waals surface area contributed by atoms with Gasteiger partial charge in [0.25, 0.3) is 0 Å². The van der Waals surface area contributed by atoms with Crippen LogP contribution in [0.15, 0.2) is 24.3 Å². The first-order valence-corrected chi connectivity index (χ1v) is 6.76. The van der Waals surface area contributed by atoms with Crippen molar-refractivity contribution in [2.24, 2.45) is 0 Å². The van der Waals surface area contributed by atoms with Gasteiger partial charge < -0.3 is 14.8 Å². The third-order valence-corrected chi connectivity index (χ3v) is 2.86. The molecule has 0 atom stereocenters. The van der Waals surface area contributed by atoms with E-state index in [9.17, 15) is 4.39 Å². The first kappa shape index (κ1) is 15.5. The van der Waals surface area contributed by atoms with E-state index >= 15 is 0 Å². The van der Waals surface area contributed by atoms with Crippen LogP contribution >= 0.6 is 11.6 Å². The summed E-state index contributed by atoms with van der Waals surface area (Å²) in [5.74, 6) is 1.12. The van der Waals surface area contributed by atoms with Gasteiger partial charge in [-0.1, -0.05) is 11.6 Å². The molecule has 5 nitrogen and oxygen atoms in total. The van der Waals surface area contributed by atoms with Crippen LogP contribution in [-0.2, 0) is 11.3 Å². The largest absolute Gasteiger partial charge is 0.439 e. The lowest BCUT2D eigenvalue weighted by molar-refractivity contribution is 0.128. The molecule has 1 heterocycles. The standard InChI is InChI=1S/C14H15ClFN3O2/c1-3-20-8-13-18-12(17-2)7-14(19-13)21-9-4-5-10(15)11(16)6-9/h4-7H,3,8H2,1-2H3,(H,17,18,19). The molecular formula is C14H15ClFN3O2. The number of ether oxygens (including phenoxy) is 2. The Morgan fingerprint density at radius 1 is 1.29 bits per heavy atom. The van der Waals surface area contributed by atoms with Gasteiger partial charge in [-0.25, -0.2) is 9.37 Å². The molecule has 0 bridgehead atoms. The van der Waals surface area contributed by atoms with Gasteiger partial charge in [0.2, 0.25) is 5.88 Å². The normalized spacial score (nSPS) is 10.5. The van der Waals surface area contributed by atoms with Crippen molar-refractivity contribution >= 4 is 17.4 Å². The highest BCUT2D eigenvalue weighted by Gasteiger charge is 2.08. The number of hydrogen-bond acceptors (Lipinski definition) is 5. The summed E-state index contributed by atoms with van der Waals surface area (Å²) in [6.07, 6.45) is 0. The second-order valence-corrected chi connectivity index (χ2v) is 4.48. The average Bonchev–Trinajstić information content (AvgIpc) is 2.48. The molecule has 0 saturated heterocycles. The van der Waals surface area contributed by atoms with Crippen LogP contribution < -0.4 is 10.1 Å². The highest BCUT2D eigenvalue weighted by Crippen LogP contribution is 2.25. The number of rotatable bonds is 6. The van der Waals surface area contributed by atoms with Crippen LogP contribution in [0.4, 0.5) is 10.2 Å².